The second-order valence-electron chi connectivity index (χ2n) is 15.0. The fourth-order valence-corrected chi connectivity index (χ4v) is 7.95. The summed E-state index contributed by atoms with van der Waals surface area (Å²) in [5.41, 5.74) is 10.9. The number of anilines is 2. The lowest BCUT2D eigenvalue weighted by Crippen LogP contribution is -2.35. The van der Waals surface area contributed by atoms with E-state index in [9.17, 15) is 26.8 Å². The molecule has 2 aliphatic carbocycles. The maximum absolute atomic E-state index is 13.3. The van der Waals surface area contributed by atoms with E-state index in [4.69, 9.17) is 34.0 Å². The predicted octanol–water partition coefficient (Wildman–Crippen LogP) is 10.5. The van der Waals surface area contributed by atoms with E-state index >= 15 is 0 Å². The third-order valence-electron chi connectivity index (χ3n) is 8.75. The van der Waals surface area contributed by atoms with Crippen molar-refractivity contribution in [2.75, 3.05) is 11.1 Å². The summed E-state index contributed by atoms with van der Waals surface area (Å²) in [6, 6.07) is 18.9. The average molecular weight is 868 g/mol. The number of aromatic carboxylic acids is 1. The highest BCUT2D eigenvalue weighted by molar-refractivity contribution is 7.84. The molecule has 0 heterocycles. The van der Waals surface area contributed by atoms with E-state index in [1.165, 1.54) is 36.4 Å². The van der Waals surface area contributed by atoms with Crippen molar-refractivity contribution in [2.24, 2.45) is 0 Å². The van der Waals surface area contributed by atoms with Gasteiger partial charge in [-0.2, -0.15) is 0 Å². The van der Waals surface area contributed by atoms with Gasteiger partial charge in [0, 0.05) is 29.0 Å². The van der Waals surface area contributed by atoms with E-state index in [-0.39, 0.29) is 52.4 Å². The van der Waals surface area contributed by atoms with Gasteiger partial charge in [0.15, 0.2) is 0 Å². The first-order valence-corrected chi connectivity index (χ1v) is 20.5. The van der Waals surface area contributed by atoms with Crippen molar-refractivity contribution < 1.29 is 31.9 Å². The number of fused-ring (bicyclic) bond motifs is 2. The van der Waals surface area contributed by atoms with E-state index in [0.717, 1.165) is 47.9 Å². The number of benzene rings is 4. The minimum Gasteiger partial charge on any atom is -0.478 e. The summed E-state index contributed by atoms with van der Waals surface area (Å²) in [5.74, 6) is -2.14. The molecule has 0 aromatic heterocycles. The van der Waals surface area contributed by atoms with Crippen molar-refractivity contribution in [1.29, 1.82) is 0 Å². The summed E-state index contributed by atoms with van der Waals surface area (Å²) in [6.45, 7) is 11.5. The van der Waals surface area contributed by atoms with Crippen molar-refractivity contribution >= 4 is 68.4 Å². The number of halogens is 4. The number of carbonyl (C=O) groups excluding carboxylic acids is 1. The molecule has 312 valence electrons. The molecular weight excluding hydrogens is 814 g/mol. The summed E-state index contributed by atoms with van der Waals surface area (Å²) in [4.78, 5) is 23.9. The van der Waals surface area contributed by atoms with Gasteiger partial charge in [0.1, 0.15) is 11.6 Å². The molecule has 4 aromatic carbocycles. The normalized spacial score (nSPS) is 16.5. The van der Waals surface area contributed by atoms with Crippen molar-refractivity contribution in [3.8, 4) is 0 Å². The number of nitrogens with two attached hydrogens (primary N) is 1. The Morgan fingerprint density at radius 1 is 0.719 bits per heavy atom. The number of nitrogen functional groups attached to an aromatic ring is 1. The van der Waals surface area contributed by atoms with Crippen LogP contribution in [-0.2, 0) is 34.8 Å². The minimum atomic E-state index is -1.19. The zero-order valence-electron chi connectivity index (χ0n) is 31.4. The third kappa shape index (κ3) is 13.1. The van der Waals surface area contributed by atoms with E-state index < -0.39 is 39.6 Å². The number of hydrogen-bond donors (Lipinski definition) is 5. The number of carboxylic acid groups (broad SMARTS) is 1. The molecule has 0 aliphatic heterocycles. The van der Waals surface area contributed by atoms with Crippen LogP contribution in [-0.4, -0.2) is 34.9 Å². The molecule has 4 aromatic rings. The quantitative estimate of drug-likeness (QED) is 0.117. The molecule has 0 bridgehead atoms. The van der Waals surface area contributed by atoms with Gasteiger partial charge in [-0.1, -0.05) is 62.3 Å². The van der Waals surface area contributed by atoms with Gasteiger partial charge < -0.3 is 16.2 Å². The Balaban J connectivity index is 0.000000325. The average Bonchev–Trinajstić information content (AvgIpc) is 3.71. The van der Waals surface area contributed by atoms with E-state index in [2.05, 4.69) is 14.8 Å². The van der Waals surface area contributed by atoms with Gasteiger partial charge >= 0.3 is 5.97 Å². The van der Waals surface area contributed by atoms with Crippen molar-refractivity contribution in [3.05, 3.63) is 128 Å². The van der Waals surface area contributed by atoms with Crippen molar-refractivity contribution in [3.63, 3.8) is 0 Å². The minimum absolute atomic E-state index is 0. The summed E-state index contributed by atoms with van der Waals surface area (Å²) in [6.07, 6.45) is 3.02. The summed E-state index contributed by atoms with van der Waals surface area (Å²) in [7, 11) is -2.34. The summed E-state index contributed by atoms with van der Waals surface area (Å²) >= 11 is 11.1. The van der Waals surface area contributed by atoms with Gasteiger partial charge in [0.2, 0.25) is 0 Å². The van der Waals surface area contributed by atoms with E-state index in [1.54, 1.807) is 18.2 Å². The standard InChI is InChI=1S/C20H22ClFN2O2S.C14H19NO3S.C6H5ClFN.2CH4/c1-20(2,3)27(26)24-18-10-8-13-14(18)5-4-6-15(13)19(25)23-12-7-9-17(22)16(21)11-12;1-14(2,3)19(18)15-12-8-7-9-10(12)5-4-6-11(9)13(16)17;7-5-3-4(9)1-2-6(5)8;;/h4-7,9,11,18,24H,8,10H2,1-3H3,(H,23,25);4-6,12,15H,7-8H2,1-3H3,(H,16,17);1-3H,9H2;2*1H4/t18-,27-;12-,19-;;;/m00.../s1. The molecule has 0 radical (unpaired) electrons. The van der Waals surface area contributed by atoms with Crippen LogP contribution in [0.2, 0.25) is 10.0 Å². The first kappa shape index (κ1) is 49.4. The van der Waals surface area contributed by atoms with E-state index in [0.29, 0.717) is 22.5 Å². The van der Waals surface area contributed by atoms with Crippen LogP contribution < -0.4 is 20.5 Å². The molecule has 6 N–H and O–H groups in total. The molecule has 4 atom stereocenters. The number of hydrogen-bond acceptors (Lipinski definition) is 5. The second kappa shape index (κ2) is 20.8. The molecule has 57 heavy (non-hydrogen) atoms. The molecule has 2 aliphatic rings. The predicted molar refractivity (Wildman–Crippen MR) is 233 cm³/mol. The zero-order valence-corrected chi connectivity index (χ0v) is 34.5. The molecule has 0 unspecified atom stereocenters. The molecular formula is C42H54Cl2F2N4O5S2. The molecule has 9 nitrogen and oxygen atoms in total. The van der Waals surface area contributed by atoms with Crippen LogP contribution in [0.15, 0.2) is 72.8 Å². The van der Waals surface area contributed by atoms with Gasteiger partial charge in [-0.25, -0.2) is 31.4 Å². The van der Waals surface area contributed by atoms with Crippen LogP contribution >= 0.6 is 23.2 Å². The van der Waals surface area contributed by atoms with Crippen LogP contribution in [0.25, 0.3) is 0 Å². The molecule has 1 amide bonds. The fourth-order valence-electron chi connectivity index (χ4n) is 5.86. The van der Waals surface area contributed by atoms with Gasteiger partial charge in [0.25, 0.3) is 5.91 Å². The lowest BCUT2D eigenvalue weighted by Gasteiger charge is -2.22. The van der Waals surface area contributed by atoms with Gasteiger partial charge in [-0.05, 0) is 138 Å². The Morgan fingerprint density at radius 2 is 1.16 bits per heavy atom. The molecule has 6 rings (SSSR count). The Hall–Kier alpha value is -3.72. The third-order valence-corrected chi connectivity index (χ3v) is 12.5. The van der Waals surface area contributed by atoms with Crippen molar-refractivity contribution in [2.45, 2.75) is 104 Å². The van der Waals surface area contributed by atoms with Crippen LogP contribution in [0.1, 0.15) is 124 Å². The van der Waals surface area contributed by atoms with Gasteiger partial charge in [0.05, 0.1) is 47.1 Å². The number of rotatable bonds is 7. The van der Waals surface area contributed by atoms with Crippen LogP contribution in [0, 0.1) is 11.6 Å². The SMILES string of the molecule is C.C.CC(C)(C)[S@](=O)N[C@H]1CCc2c(C(=O)Nc3ccc(F)c(Cl)c3)cccc21.CC(C)(C)[S@](=O)N[C@H]1CCc2c(C(=O)O)cccc21.Nc1ccc(F)c(Cl)c1. The van der Waals surface area contributed by atoms with E-state index in [1.807, 2.05) is 59.7 Å². The lowest BCUT2D eigenvalue weighted by atomic mass is 10.0. The van der Waals surface area contributed by atoms with Crippen molar-refractivity contribution in [1.82, 2.24) is 9.44 Å². The summed E-state index contributed by atoms with van der Waals surface area (Å²) in [5, 5.41) is 12.0. The van der Waals surface area contributed by atoms with Crippen LogP contribution in [0.4, 0.5) is 20.2 Å². The number of carboxylic acids is 1. The topological polar surface area (TPSA) is 151 Å². The first-order valence-electron chi connectivity index (χ1n) is 17.5. The van der Waals surface area contributed by atoms with Gasteiger partial charge in [-0.15, -0.1) is 0 Å². The Labute approximate surface area is 350 Å². The van der Waals surface area contributed by atoms with Crippen LogP contribution in [0.5, 0.6) is 0 Å². The maximum atomic E-state index is 13.3. The zero-order chi connectivity index (χ0) is 40.8. The number of carbonyl (C=O) groups is 2. The highest BCUT2D eigenvalue weighted by Crippen LogP contribution is 2.36. The monoisotopic (exact) mass is 866 g/mol. The van der Waals surface area contributed by atoms with Gasteiger partial charge in [-0.3, -0.25) is 4.79 Å². The molecule has 0 spiro atoms. The molecule has 0 fully saturated rings. The Bertz CT molecular complexity index is 2110. The second-order valence-corrected chi connectivity index (χ2v) is 19.8. The Kier molecular flexibility index (Phi) is 18.0. The first-order chi connectivity index (χ1) is 25.7. The fraction of sp³-hybridized carbons (Fsp3) is 0.381. The van der Waals surface area contributed by atoms with Crippen LogP contribution in [0.3, 0.4) is 0 Å². The molecule has 0 saturated carbocycles. The highest BCUT2D eigenvalue weighted by atomic mass is 35.5. The molecule has 0 saturated heterocycles. The highest BCUT2D eigenvalue weighted by Gasteiger charge is 2.32. The smallest absolute Gasteiger partial charge is 0.335 e. The number of nitrogens with one attached hydrogen (secondary N) is 3. The number of amides is 1. The Morgan fingerprint density at radius 3 is 1.58 bits per heavy atom. The maximum Gasteiger partial charge on any atom is 0.335 e. The largest absolute Gasteiger partial charge is 0.478 e. The summed E-state index contributed by atoms with van der Waals surface area (Å²) < 4.78 is 55.8. The lowest BCUT2D eigenvalue weighted by molar-refractivity contribution is 0.0695. The molecule has 15 heteroatoms.